The predicted octanol–water partition coefficient (Wildman–Crippen LogP) is 1.84. The Morgan fingerprint density at radius 3 is 3.12 bits per heavy atom. The zero-order valence-corrected chi connectivity index (χ0v) is 6.19. The largest absolute Gasteiger partial charge is 0.103 e. The summed E-state index contributed by atoms with van der Waals surface area (Å²) in [6.07, 6.45) is 4.89. The van der Waals surface area contributed by atoms with Crippen molar-refractivity contribution in [1.82, 2.24) is 0 Å². The highest BCUT2D eigenvalue weighted by atomic mass is 28.2. The molecule has 0 atom stereocenters. The molecular formula is C7H12Si. The Hall–Kier alpha value is -0.173. The second kappa shape index (κ2) is 2.97. The van der Waals surface area contributed by atoms with E-state index < -0.39 is 0 Å². The Morgan fingerprint density at radius 1 is 1.75 bits per heavy atom. The first-order valence-corrected chi connectivity index (χ1v) is 5.21. The molecule has 0 nitrogen and oxygen atoms in total. The van der Waals surface area contributed by atoms with Crippen molar-refractivity contribution in [2.24, 2.45) is 0 Å². The minimum Gasteiger partial charge on any atom is -0.103 e. The molecule has 44 valence electrons. The summed E-state index contributed by atoms with van der Waals surface area (Å²) in [5.41, 5.74) is 2.52. The third-order valence-corrected chi connectivity index (χ3v) is 4.22. The number of hydrogen-bond acceptors (Lipinski definition) is 0. The molecule has 0 aromatic carbocycles. The van der Waals surface area contributed by atoms with Gasteiger partial charge in [0.15, 0.2) is 0 Å². The van der Waals surface area contributed by atoms with Gasteiger partial charge in [-0.15, -0.1) is 12.3 Å². The molecule has 0 N–H and O–H groups in total. The Balaban J connectivity index is 2.33. The van der Waals surface area contributed by atoms with Gasteiger partial charge in [-0.3, -0.25) is 0 Å². The van der Waals surface area contributed by atoms with Crippen molar-refractivity contribution in [3.05, 3.63) is 12.7 Å². The van der Waals surface area contributed by atoms with Gasteiger partial charge in [0.2, 0.25) is 0 Å². The van der Waals surface area contributed by atoms with Crippen LogP contribution in [0.15, 0.2) is 12.7 Å². The summed E-state index contributed by atoms with van der Waals surface area (Å²) in [7, 11) is -0.00617. The van der Waals surface area contributed by atoms with Crippen molar-refractivity contribution in [3.63, 3.8) is 0 Å². The van der Waals surface area contributed by atoms with Crippen LogP contribution in [-0.4, -0.2) is 14.1 Å². The van der Waals surface area contributed by atoms with E-state index in [9.17, 15) is 0 Å². The van der Waals surface area contributed by atoms with Crippen LogP contribution in [0.3, 0.4) is 0 Å². The van der Waals surface area contributed by atoms with Gasteiger partial charge in [-0.1, -0.05) is 6.08 Å². The summed E-state index contributed by atoms with van der Waals surface area (Å²) in [6.45, 7) is 3.73. The first-order chi connectivity index (χ1) is 3.93. The molecule has 0 aromatic rings. The second-order valence-corrected chi connectivity index (χ2v) is 4.88. The lowest BCUT2D eigenvalue weighted by molar-refractivity contribution is 1.02. The second-order valence-electron chi connectivity index (χ2n) is 2.25. The fourth-order valence-corrected chi connectivity index (χ4v) is 3.32. The molecule has 1 heteroatoms. The predicted molar refractivity (Wildman–Crippen MR) is 40.9 cm³/mol. The normalized spacial score (nSPS) is 18.2. The zero-order chi connectivity index (χ0) is 5.82. The summed E-state index contributed by atoms with van der Waals surface area (Å²) in [4.78, 5) is 0. The molecule has 0 fully saturated rings. The minimum atomic E-state index is -0.00617. The molecule has 1 rings (SSSR count). The molecule has 0 spiro atoms. The Kier molecular flexibility index (Phi) is 2.21. The monoisotopic (exact) mass is 124 g/mol. The van der Waals surface area contributed by atoms with Crippen molar-refractivity contribution in [2.75, 3.05) is 0 Å². The van der Waals surface area contributed by atoms with Crippen molar-refractivity contribution in [3.8, 4) is 0 Å². The fraction of sp³-hybridized carbons (Fsp3) is 0.571. The summed E-state index contributed by atoms with van der Waals surface area (Å²) in [5, 5.41) is 0. The maximum atomic E-state index is 3.73. The summed E-state index contributed by atoms with van der Waals surface area (Å²) >= 11 is 0. The summed E-state index contributed by atoms with van der Waals surface area (Å²) in [6, 6.07) is 2.79. The van der Waals surface area contributed by atoms with Crippen molar-refractivity contribution in [2.45, 2.75) is 24.9 Å². The van der Waals surface area contributed by atoms with Crippen LogP contribution in [0.5, 0.6) is 0 Å². The van der Waals surface area contributed by atoms with Crippen LogP contribution in [-0.2, 0) is 0 Å². The van der Waals surface area contributed by atoms with Crippen LogP contribution in [0.2, 0.25) is 12.1 Å². The van der Waals surface area contributed by atoms with Crippen LogP contribution >= 0.6 is 0 Å². The van der Waals surface area contributed by atoms with Gasteiger partial charge >= 0.3 is 0 Å². The first-order valence-electron chi connectivity index (χ1n) is 3.22. The first kappa shape index (κ1) is 5.95. The Bertz CT molecular complexity index is 114. The van der Waals surface area contributed by atoms with Crippen LogP contribution in [0.1, 0.15) is 12.8 Å². The number of allylic oxidation sites excluding steroid dienone is 1. The molecule has 0 saturated carbocycles. The van der Waals surface area contributed by atoms with Crippen LogP contribution in [0.25, 0.3) is 0 Å². The van der Waals surface area contributed by atoms with Gasteiger partial charge in [0, 0.05) is 8.41 Å². The average molecular weight is 124 g/mol. The van der Waals surface area contributed by atoms with Crippen LogP contribution in [0.4, 0.5) is 0 Å². The fourth-order valence-electron chi connectivity index (χ4n) is 1.11. The van der Waals surface area contributed by atoms with E-state index in [1.807, 2.05) is 0 Å². The van der Waals surface area contributed by atoms with E-state index in [-0.39, 0.29) is 8.41 Å². The summed E-state index contributed by atoms with van der Waals surface area (Å²) < 4.78 is 0. The maximum Gasteiger partial charge on any atom is 0.00931 e. The molecule has 0 amide bonds. The molecule has 1 aliphatic rings. The highest BCUT2D eigenvalue weighted by Crippen LogP contribution is 2.06. The van der Waals surface area contributed by atoms with Crippen LogP contribution in [0, 0.1) is 0 Å². The van der Waals surface area contributed by atoms with E-state index in [1.54, 1.807) is 0 Å². The van der Waals surface area contributed by atoms with Gasteiger partial charge in [0.05, 0.1) is 0 Å². The molecule has 0 radical (unpaired) electrons. The van der Waals surface area contributed by atoms with Crippen molar-refractivity contribution >= 4 is 14.1 Å². The van der Waals surface area contributed by atoms with Gasteiger partial charge in [-0.05, 0) is 24.9 Å². The van der Waals surface area contributed by atoms with E-state index in [1.165, 1.54) is 24.9 Å². The Labute approximate surface area is 52.5 Å². The van der Waals surface area contributed by atoms with Crippen LogP contribution < -0.4 is 0 Å². The SMILES string of the molecule is C=CC[Si]1=CCCC1. The molecule has 0 aliphatic carbocycles. The lowest BCUT2D eigenvalue weighted by Crippen LogP contribution is -1.93. The van der Waals surface area contributed by atoms with Crippen molar-refractivity contribution in [1.29, 1.82) is 0 Å². The molecule has 0 unspecified atom stereocenters. The van der Waals surface area contributed by atoms with E-state index in [4.69, 9.17) is 0 Å². The third-order valence-electron chi connectivity index (χ3n) is 1.54. The zero-order valence-electron chi connectivity index (χ0n) is 5.19. The van der Waals surface area contributed by atoms with Gasteiger partial charge in [-0.25, -0.2) is 0 Å². The molecule has 0 aromatic heterocycles. The smallest absolute Gasteiger partial charge is 0.00931 e. The highest BCUT2D eigenvalue weighted by molar-refractivity contribution is 6.67. The van der Waals surface area contributed by atoms with Gasteiger partial charge in [0.25, 0.3) is 0 Å². The maximum absolute atomic E-state index is 3.73. The minimum absolute atomic E-state index is 0.00617. The van der Waals surface area contributed by atoms with Gasteiger partial charge in [0.1, 0.15) is 0 Å². The third kappa shape index (κ3) is 1.41. The lowest BCUT2D eigenvalue weighted by Gasteiger charge is -1.88. The van der Waals surface area contributed by atoms with E-state index in [0.29, 0.717) is 0 Å². The Morgan fingerprint density at radius 2 is 2.62 bits per heavy atom. The molecule has 1 heterocycles. The van der Waals surface area contributed by atoms with Gasteiger partial charge in [-0.2, -0.15) is 0 Å². The average Bonchev–Trinajstić information content (AvgIpc) is 2.19. The highest BCUT2D eigenvalue weighted by Gasteiger charge is 2.01. The quantitative estimate of drug-likeness (QED) is 0.389. The topological polar surface area (TPSA) is 0 Å². The van der Waals surface area contributed by atoms with Crippen molar-refractivity contribution < 1.29 is 0 Å². The van der Waals surface area contributed by atoms with Gasteiger partial charge < -0.3 is 0 Å². The standard InChI is InChI=1S/C7H12Si/c1-2-5-8-6-3-4-7-8/h2,6H,1,3-5,7H2. The molecule has 0 bridgehead atoms. The summed E-state index contributed by atoms with van der Waals surface area (Å²) in [5.74, 6) is 0. The molecule has 8 heavy (non-hydrogen) atoms. The van der Waals surface area contributed by atoms with E-state index >= 15 is 0 Å². The van der Waals surface area contributed by atoms with E-state index in [0.717, 1.165) is 0 Å². The lowest BCUT2D eigenvalue weighted by atomic mass is 10.4. The molecular weight excluding hydrogens is 112 g/mol. The van der Waals surface area contributed by atoms with E-state index in [2.05, 4.69) is 18.3 Å². The number of rotatable bonds is 2. The molecule has 0 saturated heterocycles. The molecule has 1 aliphatic heterocycles. The number of hydrogen-bond donors (Lipinski definition) is 0.